The fraction of sp³-hybridized carbons (Fsp3) is 0.800. The van der Waals surface area contributed by atoms with Gasteiger partial charge in [0.2, 0.25) is 10.0 Å². The SMILES string of the molecule is C=CCN(C(C)(C)C)S(=O)(=O)CCNC. The second kappa shape index (κ2) is 5.63. The molecule has 0 unspecified atom stereocenters. The number of hydrogen-bond donors (Lipinski definition) is 1. The quantitative estimate of drug-likeness (QED) is 0.692. The van der Waals surface area contributed by atoms with Crippen molar-refractivity contribution in [2.45, 2.75) is 26.3 Å². The van der Waals surface area contributed by atoms with Crippen LogP contribution in [-0.2, 0) is 10.0 Å². The summed E-state index contributed by atoms with van der Waals surface area (Å²) in [6.07, 6.45) is 1.61. The molecule has 4 nitrogen and oxygen atoms in total. The predicted octanol–water partition coefficient (Wildman–Crippen LogP) is 0.822. The molecule has 0 saturated carbocycles. The first kappa shape index (κ1) is 14.6. The first-order chi connectivity index (χ1) is 6.75. The Bertz CT molecular complexity index is 291. The summed E-state index contributed by atoms with van der Waals surface area (Å²) in [6, 6.07) is 0. The Labute approximate surface area is 93.4 Å². The second-order valence-electron chi connectivity index (χ2n) is 4.41. The molecule has 15 heavy (non-hydrogen) atoms. The summed E-state index contributed by atoms with van der Waals surface area (Å²) in [5.74, 6) is 0.120. The number of sulfonamides is 1. The molecule has 0 aromatic carbocycles. The van der Waals surface area contributed by atoms with E-state index in [9.17, 15) is 8.42 Å². The minimum absolute atomic E-state index is 0.120. The van der Waals surface area contributed by atoms with E-state index in [1.54, 1.807) is 13.1 Å². The largest absolute Gasteiger partial charge is 0.319 e. The van der Waals surface area contributed by atoms with E-state index < -0.39 is 15.6 Å². The summed E-state index contributed by atoms with van der Waals surface area (Å²) in [5, 5.41) is 2.84. The summed E-state index contributed by atoms with van der Waals surface area (Å²) in [5.41, 5.74) is -0.402. The summed E-state index contributed by atoms with van der Waals surface area (Å²) < 4.78 is 25.4. The molecule has 0 aromatic heterocycles. The van der Waals surface area contributed by atoms with E-state index in [0.29, 0.717) is 13.1 Å². The van der Waals surface area contributed by atoms with Gasteiger partial charge in [0, 0.05) is 18.6 Å². The fourth-order valence-corrected chi connectivity index (χ4v) is 3.11. The van der Waals surface area contributed by atoms with Crippen LogP contribution in [0.4, 0.5) is 0 Å². The van der Waals surface area contributed by atoms with E-state index in [4.69, 9.17) is 0 Å². The van der Waals surface area contributed by atoms with Gasteiger partial charge in [-0.2, -0.15) is 4.31 Å². The molecular weight excluding hydrogens is 212 g/mol. The normalized spacial score (nSPS) is 13.1. The molecular formula is C10H22N2O2S. The first-order valence-electron chi connectivity index (χ1n) is 5.01. The van der Waals surface area contributed by atoms with Gasteiger partial charge in [-0.15, -0.1) is 6.58 Å². The Morgan fingerprint density at radius 2 is 1.93 bits per heavy atom. The number of rotatable bonds is 6. The van der Waals surface area contributed by atoms with Crippen LogP contribution in [0, 0.1) is 0 Å². The average molecular weight is 234 g/mol. The molecule has 0 saturated heterocycles. The molecule has 0 radical (unpaired) electrons. The summed E-state index contributed by atoms with van der Waals surface area (Å²) in [7, 11) is -1.46. The summed E-state index contributed by atoms with van der Waals surface area (Å²) in [6.45, 7) is 10.1. The molecule has 0 rings (SSSR count). The lowest BCUT2D eigenvalue weighted by molar-refractivity contribution is 0.270. The van der Waals surface area contributed by atoms with Gasteiger partial charge in [0.05, 0.1) is 5.75 Å². The molecule has 90 valence electrons. The topological polar surface area (TPSA) is 49.4 Å². The lowest BCUT2D eigenvalue weighted by atomic mass is 10.1. The minimum atomic E-state index is -3.20. The average Bonchev–Trinajstić information content (AvgIpc) is 2.09. The molecule has 0 aliphatic rings. The van der Waals surface area contributed by atoms with E-state index in [-0.39, 0.29) is 5.75 Å². The van der Waals surface area contributed by atoms with E-state index in [0.717, 1.165) is 0 Å². The van der Waals surface area contributed by atoms with Gasteiger partial charge < -0.3 is 5.32 Å². The molecule has 0 aromatic rings. The van der Waals surface area contributed by atoms with Gasteiger partial charge in [-0.1, -0.05) is 6.08 Å². The van der Waals surface area contributed by atoms with Crippen molar-refractivity contribution in [3.63, 3.8) is 0 Å². The molecule has 0 aliphatic heterocycles. The van der Waals surface area contributed by atoms with Crippen LogP contribution in [-0.4, -0.2) is 44.2 Å². The third-order valence-electron chi connectivity index (χ3n) is 1.99. The van der Waals surface area contributed by atoms with E-state index in [1.807, 2.05) is 20.8 Å². The highest BCUT2D eigenvalue weighted by atomic mass is 32.2. The molecule has 0 bridgehead atoms. The van der Waals surface area contributed by atoms with Crippen molar-refractivity contribution in [1.29, 1.82) is 0 Å². The Kier molecular flexibility index (Phi) is 5.48. The van der Waals surface area contributed by atoms with Crippen LogP contribution in [0.1, 0.15) is 20.8 Å². The van der Waals surface area contributed by atoms with Gasteiger partial charge in [-0.3, -0.25) is 0 Å². The second-order valence-corrected chi connectivity index (χ2v) is 6.42. The monoisotopic (exact) mass is 234 g/mol. The van der Waals surface area contributed by atoms with Crippen LogP contribution in [0.5, 0.6) is 0 Å². The Morgan fingerprint density at radius 1 is 1.40 bits per heavy atom. The van der Waals surface area contributed by atoms with Crippen molar-refractivity contribution in [3.05, 3.63) is 12.7 Å². The standard InChI is InChI=1S/C10H22N2O2S/c1-6-8-12(10(2,3)4)15(13,14)9-7-11-5/h6,11H,1,7-9H2,2-5H3. The van der Waals surface area contributed by atoms with Gasteiger partial charge >= 0.3 is 0 Å². The van der Waals surface area contributed by atoms with Crippen LogP contribution in [0.2, 0.25) is 0 Å². The van der Waals surface area contributed by atoms with Gasteiger partial charge in [0.1, 0.15) is 0 Å². The van der Waals surface area contributed by atoms with E-state index in [1.165, 1.54) is 4.31 Å². The Hall–Kier alpha value is -0.390. The highest BCUT2D eigenvalue weighted by Crippen LogP contribution is 2.17. The highest BCUT2D eigenvalue weighted by Gasteiger charge is 2.30. The molecule has 0 spiro atoms. The summed E-state index contributed by atoms with van der Waals surface area (Å²) in [4.78, 5) is 0. The number of hydrogen-bond acceptors (Lipinski definition) is 3. The Morgan fingerprint density at radius 3 is 2.27 bits per heavy atom. The van der Waals surface area contributed by atoms with E-state index >= 15 is 0 Å². The van der Waals surface area contributed by atoms with Crippen molar-refractivity contribution in [2.75, 3.05) is 25.9 Å². The third kappa shape index (κ3) is 4.77. The molecule has 0 aliphatic carbocycles. The maximum Gasteiger partial charge on any atom is 0.216 e. The minimum Gasteiger partial charge on any atom is -0.319 e. The molecule has 5 heteroatoms. The maximum absolute atomic E-state index is 12.0. The smallest absolute Gasteiger partial charge is 0.216 e. The maximum atomic E-state index is 12.0. The molecule has 0 fully saturated rings. The van der Waals surface area contributed by atoms with Gasteiger partial charge in [0.25, 0.3) is 0 Å². The van der Waals surface area contributed by atoms with Gasteiger partial charge in [-0.25, -0.2) is 8.42 Å². The molecule has 0 heterocycles. The summed E-state index contributed by atoms with van der Waals surface area (Å²) >= 11 is 0. The molecule has 1 N–H and O–H groups in total. The van der Waals surface area contributed by atoms with Crippen molar-refractivity contribution >= 4 is 10.0 Å². The lowest BCUT2D eigenvalue weighted by Gasteiger charge is -2.33. The number of nitrogens with one attached hydrogen (secondary N) is 1. The zero-order valence-corrected chi connectivity index (χ0v) is 10.9. The van der Waals surface area contributed by atoms with E-state index in [2.05, 4.69) is 11.9 Å². The van der Waals surface area contributed by atoms with Gasteiger partial charge in [-0.05, 0) is 27.8 Å². The van der Waals surface area contributed by atoms with Gasteiger partial charge in [0.15, 0.2) is 0 Å². The van der Waals surface area contributed by atoms with Crippen molar-refractivity contribution in [3.8, 4) is 0 Å². The Balaban J connectivity index is 4.83. The first-order valence-corrected chi connectivity index (χ1v) is 6.62. The van der Waals surface area contributed by atoms with Crippen LogP contribution in [0.3, 0.4) is 0 Å². The molecule has 0 amide bonds. The zero-order chi connectivity index (χ0) is 12.1. The van der Waals surface area contributed by atoms with Crippen LogP contribution in [0.15, 0.2) is 12.7 Å². The zero-order valence-electron chi connectivity index (χ0n) is 10.1. The lowest BCUT2D eigenvalue weighted by Crippen LogP contribution is -2.47. The van der Waals surface area contributed by atoms with Crippen molar-refractivity contribution in [2.24, 2.45) is 0 Å². The highest BCUT2D eigenvalue weighted by molar-refractivity contribution is 7.89. The van der Waals surface area contributed by atoms with Crippen LogP contribution < -0.4 is 5.32 Å². The van der Waals surface area contributed by atoms with Crippen molar-refractivity contribution < 1.29 is 8.42 Å². The number of nitrogens with zero attached hydrogens (tertiary/aromatic N) is 1. The third-order valence-corrected chi connectivity index (χ3v) is 4.08. The fourth-order valence-electron chi connectivity index (χ4n) is 1.26. The van der Waals surface area contributed by atoms with Crippen LogP contribution >= 0.6 is 0 Å². The van der Waals surface area contributed by atoms with Crippen molar-refractivity contribution in [1.82, 2.24) is 9.62 Å². The van der Waals surface area contributed by atoms with Crippen LogP contribution in [0.25, 0.3) is 0 Å². The molecule has 0 atom stereocenters. The predicted molar refractivity (Wildman–Crippen MR) is 64.4 cm³/mol.